The van der Waals surface area contributed by atoms with Crippen molar-refractivity contribution >= 4 is 11.8 Å². The SMILES string of the molecule is Cc1ccc(Sc2ncccc2[C@H](C)N)c(C)c1. The first-order valence-electron chi connectivity index (χ1n) is 6.03. The van der Waals surface area contributed by atoms with Crippen LogP contribution in [0.5, 0.6) is 0 Å². The van der Waals surface area contributed by atoms with Crippen LogP contribution in [0, 0.1) is 13.8 Å². The smallest absolute Gasteiger partial charge is 0.105 e. The Hall–Kier alpha value is -1.32. The van der Waals surface area contributed by atoms with Crippen LogP contribution < -0.4 is 5.73 Å². The third-order valence-electron chi connectivity index (χ3n) is 2.83. The number of nitrogens with two attached hydrogens (primary N) is 1. The highest BCUT2D eigenvalue weighted by Gasteiger charge is 2.10. The number of aryl methyl sites for hydroxylation is 2. The largest absolute Gasteiger partial charge is 0.324 e. The molecule has 0 aliphatic carbocycles. The van der Waals surface area contributed by atoms with Crippen LogP contribution in [0.15, 0.2) is 46.5 Å². The molecule has 0 saturated carbocycles. The average molecular weight is 258 g/mol. The van der Waals surface area contributed by atoms with E-state index in [1.54, 1.807) is 11.8 Å². The lowest BCUT2D eigenvalue weighted by atomic mass is 10.2. The summed E-state index contributed by atoms with van der Waals surface area (Å²) in [4.78, 5) is 5.68. The number of benzene rings is 1. The van der Waals surface area contributed by atoms with Crippen molar-refractivity contribution in [2.45, 2.75) is 36.7 Å². The van der Waals surface area contributed by atoms with Crippen molar-refractivity contribution in [3.63, 3.8) is 0 Å². The highest BCUT2D eigenvalue weighted by atomic mass is 32.2. The molecule has 1 aromatic heterocycles. The molecular formula is C15H18N2S. The Labute approximate surface area is 113 Å². The molecule has 1 aromatic carbocycles. The molecule has 2 N–H and O–H groups in total. The van der Waals surface area contributed by atoms with Gasteiger partial charge in [-0.05, 0) is 38.5 Å². The summed E-state index contributed by atoms with van der Waals surface area (Å²) in [6, 6.07) is 10.5. The maximum atomic E-state index is 5.98. The van der Waals surface area contributed by atoms with Gasteiger partial charge in [0.2, 0.25) is 0 Å². The molecule has 2 aromatic rings. The highest BCUT2D eigenvalue weighted by Crippen LogP contribution is 2.33. The number of nitrogens with zero attached hydrogens (tertiary/aromatic N) is 1. The molecule has 0 aliphatic rings. The number of rotatable bonds is 3. The van der Waals surface area contributed by atoms with Crippen molar-refractivity contribution in [2.24, 2.45) is 5.73 Å². The standard InChI is InChI=1S/C15H18N2S/c1-10-6-7-14(11(2)9-10)18-15-13(12(3)16)5-4-8-17-15/h4-9,12H,16H2,1-3H3/t12-/m0/s1. The van der Waals surface area contributed by atoms with E-state index in [0.717, 1.165) is 10.6 Å². The lowest BCUT2D eigenvalue weighted by Gasteiger charge is -2.12. The predicted molar refractivity (Wildman–Crippen MR) is 76.9 cm³/mol. The number of aromatic nitrogens is 1. The summed E-state index contributed by atoms with van der Waals surface area (Å²) >= 11 is 1.69. The van der Waals surface area contributed by atoms with Crippen molar-refractivity contribution < 1.29 is 0 Å². The summed E-state index contributed by atoms with van der Waals surface area (Å²) in [7, 11) is 0. The maximum absolute atomic E-state index is 5.98. The Kier molecular flexibility index (Phi) is 4.04. The Bertz CT molecular complexity index is 550. The second-order valence-electron chi connectivity index (χ2n) is 4.56. The third kappa shape index (κ3) is 2.92. The fourth-order valence-corrected chi connectivity index (χ4v) is 2.90. The van der Waals surface area contributed by atoms with Crippen LogP contribution in [-0.4, -0.2) is 4.98 Å². The minimum absolute atomic E-state index is 0.00644. The number of hydrogen-bond donors (Lipinski definition) is 1. The number of pyridine rings is 1. The maximum Gasteiger partial charge on any atom is 0.105 e. The molecule has 2 nitrogen and oxygen atoms in total. The molecule has 94 valence electrons. The molecular weight excluding hydrogens is 240 g/mol. The van der Waals surface area contributed by atoms with E-state index in [1.807, 2.05) is 25.3 Å². The highest BCUT2D eigenvalue weighted by molar-refractivity contribution is 7.99. The molecule has 0 spiro atoms. The normalized spacial score (nSPS) is 12.4. The monoisotopic (exact) mass is 258 g/mol. The predicted octanol–water partition coefficient (Wildman–Crippen LogP) is 3.87. The van der Waals surface area contributed by atoms with Gasteiger partial charge >= 0.3 is 0 Å². The zero-order valence-corrected chi connectivity index (χ0v) is 11.8. The van der Waals surface area contributed by atoms with E-state index in [-0.39, 0.29) is 6.04 Å². The molecule has 2 rings (SSSR count). The molecule has 0 bridgehead atoms. The molecule has 0 amide bonds. The fraction of sp³-hybridized carbons (Fsp3) is 0.267. The van der Waals surface area contributed by atoms with Crippen LogP contribution in [0.2, 0.25) is 0 Å². The van der Waals surface area contributed by atoms with Crippen LogP contribution in [0.25, 0.3) is 0 Å². The first-order valence-corrected chi connectivity index (χ1v) is 6.85. The summed E-state index contributed by atoms with van der Waals surface area (Å²) in [5.74, 6) is 0. The molecule has 1 atom stereocenters. The van der Waals surface area contributed by atoms with E-state index in [9.17, 15) is 0 Å². The lowest BCUT2D eigenvalue weighted by Crippen LogP contribution is -2.07. The molecule has 18 heavy (non-hydrogen) atoms. The molecule has 0 fully saturated rings. The zero-order chi connectivity index (χ0) is 13.1. The topological polar surface area (TPSA) is 38.9 Å². The van der Waals surface area contributed by atoms with Crippen molar-refractivity contribution in [1.29, 1.82) is 0 Å². The Morgan fingerprint density at radius 1 is 1.22 bits per heavy atom. The van der Waals surface area contributed by atoms with Crippen LogP contribution in [0.3, 0.4) is 0 Å². The molecule has 0 unspecified atom stereocenters. The quantitative estimate of drug-likeness (QED) is 0.908. The molecule has 0 saturated heterocycles. The molecule has 0 radical (unpaired) electrons. The summed E-state index contributed by atoms with van der Waals surface area (Å²) in [6.45, 7) is 6.22. The van der Waals surface area contributed by atoms with Gasteiger partial charge in [-0.3, -0.25) is 0 Å². The van der Waals surface area contributed by atoms with E-state index >= 15 is 0 Å². The van der Waals surface area contributed by atoms with Gasteiger partial charge in [0.25, 0.3) is 0 Å². The van der Waals surface area contributed by atoms with Gasteiger partial charge in [-0.25, -0.2) is 4.98 Å². The van der Waals surface area contributed by atoms with Crippen LogP contribution in [-0.2, 0) is 0 Å². The van der Waals surface area contributed by atoms with Gasteiger partial charge in [0, 0.05) is 22.7 Å². The van der Waals surface area contributed by atoms with Gasteiger partial charge in [-0.15, -0.1) is 0 Å². The van der Waals surface area contributed by atoms with E-state index in [4.69, 9.17) is 5.73 Å². The zero-order valence-electron chi connectivity index (χ0n) is 11.0. The Morgan fingerprint density at radius 2 is 2.00 bits per heavy atom. The van der Waals surface area contributed by atoms with Crippen LogP contribution in [0.4, 0.5) is 0 Å². The Balaban J connectivity index is 2.34. The summed E-state index contributed by atoms with van der Waals surface area (Å²) < 4.78 is 0. The third-order valence-corrected chi connectivity index (χ3v) is 4.04. The van der Waals surface area contributed by atoms with E-state index in [0.29, 0.717) is 0 Å². The van der Waals surface area contributed by atoms with Crippen molar-refractivity contribution in [1.82, 2.24) is 4.98 Å². The summed E-state index contributed by atoms with van der Waals surface area (Å²) in [5, 5.41) is 0.999. The molecule has 0 aliphatic heterocycles. The van der Waals surface area contributed by atoms with Crippen molar-refractivity contribution in [2.75, 3.05) is 0 Å². The second kappa shape index (κ2) is 5.55. The van der Waals surface area contributed by atoms with Gasteiger partial charge in [0.05, 0.1) is 0 Å². The number of hydrogen-bond acceptors (Lipinski definition) is 3. The van der Waals surface area contributed by atoms with Crippen LogP contribution in [0.1, 0.15) is 29.7 Å². The minimum Gasteiger partial charge on any atom is -0.324 e. The van der Waals surface area contributed by atoms with E-state index in [1.165, 1.54) is 16.0 Å². The van der Waals surface area contributed by atoms with E-state index in [2.05, 4.69) is 37.0 Å². The van der Waals surface area contributed by atoms with Crippen LogP contribution >= 0.6 is 11.8 Å². The minimum atomic E-state index is 0.00644. The van der Waals surface area contributed by atoms with Gasteiger partial charge in [-0.2, -0.15) is 0 Å². The summed E-state index contributed by atoms with van der Waals surface area (Å²) in [5.41, 5.74) is 9.64. The van der Waals surface area contributed by atoms with Crippen molar-refractivity contribution in [3.8, 4) is 0 Å². The van der Waals surface area contributed by atoms with Gasteiger partial charge in [-0.1, -0.05) is 35.5 Å². The van der Waals surface area contributed by atoms with Crippen molar-refractivity contribution in [3.05, 3.63) is 53.2 Å². The summed E-state index contributed by atoms with van der Waals surface area (Å²) in [6.07, 6.45) is 1.82. The van der Waals surface area contributed by atoms with Gasteiger partial charge in [0.15, 0.2) is 0 Å². The second-order valence-corrected chi connectivity index (χ2v) is 5.59. The Morgan fingerprint density at radius 3 is 2.67 bits per heavy atom. The average Bonchev–Trinajstić information content (AvgIpc) is 2.33. The van der Waals surface area contributed by atoms with E-state index < -0.39 is 0 Å². The van der Waals surface area contributed by atoms with Gasteiger partial charge in [0.1, 0.15) is 5.03 Å². The first-order chi connectivity index (χ1) is 8.58. The molecule has 3 heteroatoms. The fourth-order valence-electron chi connectivity index (χ4n) is 1.85. The molecule has 1 heterocycles. The first kappa shape index (κ1) is 13.1. The van der Waals surface area contributed by atoms with Gasteiger partial charge < -0.3 is 5.73 Å². The lowest BCUT2D eigenvalue weighted by molar-refractivity contribution is 0.779.